The standard InChI is InChI=1S/C28H39Cl2N5O4S/c1-20-8-9-23(29)28(27(20)30)40(37,38)35-16-15-34-10-4-7-24(34)25(35)18-39-19-26(36)31-21-5-3-6-22(17-21)33-13-11-32(2)12-14-33/h4,7-10,21-22,25H,3,5-6,11-19H2,1-2H3,(H,31,36)/t21-,22+,25?/m0/s1. The van der Waals surface area contributed by atoms with Crippen molar-refractivity contribution in [2.45, 2.75) is 62.2 Å². The molecule has 0 bridgehead atoms. The molecular weight excluding hydrogens is 573 g/mol. The van der Waals surface area contributed by atoms with Gasteiger partial charge in [0.25, 0.3) is 0 Å². The van der Waals surface area contributed by atoms with Crippen LogP contribution in [-0.2, 0) is 26.1 Å². The fraction of sp³-hybridized carbons (Fsp3) is 0.607. The Morgan fingerprint density at radius 1 is 1.07 bits per heavy atom. The summed E-state index contributed by atoms with van der Waals surface area (Å²) in [5, 5.41) is 3.37. The van der Waals surface area contributed by atoms with Crippen molar-refractivity contribution in [3.05, 3.63) is 51.8 Å². The summed E-state index contributed by atoms with van der Waals surface area (Å²) in [4.78, 5) is 17.7. The average Bonchev–Trinajstić information content (AvgIpc) is 3.41. The number of fused-ring (bicyclic) bond motifs is 1. The van der Waals surface area contributed by atoms with Crippen LogP contribution in [0.15, 0.2) is 35.4 Å². The van der Waals surface area contributed by atoms with E-state index in [1.807, 2.05) is 22.9 Å². The van der Waals surface area contributed by atoms with Gasteiger partial charge in [0.05, 0.1) is 22.7 Å². The Bertz CT molecular complexity index is 1310. The topological polar surface area (TPSA) is 87.1 Å². The molecule has 1 N–H and O–H groups in total. The van der Waals surface area contributed by atoms with Gasteiger partial charge >= 0.3 is 0 Å². The number of halogens is 2. The fourth-order valence-electron chi connectivity index (χ4n) is 6.23. The van der Waals surface area contributed by atoms with E-state index in [0.717, 1.165) is 51.1 Å². The number of likely N-dealkylation sites (N-methyl/N-ethyl adjacent to an activating group) is 1. The van der Waals surface area contributed by atoms with Gasteiger partial charge in [-0.25, -0.2) is 8.42 Å². The molecule has 0 radical (unpaired) electrons. The minimum Gasteiger partial charge on any atom is -0.370 e. The second-order valence-corrected chi connectivity index (χ2v) is 13.8. The van der Waals surface area contributed by atoms with Crippen LogP contribution in [0.1, 0.15) is 43.0 Å². The van der Waals surface area contributed by atoms with Crippen molar-refractivity contribution in [1.82, 2.24) is 24.0 Å². The number of ether oxygens (including phenoxy) is 1. The first-order chi connectivity index (χ1) is 19.1. The van der Waals surface area contributed by atoms with Gasteiger partial charge < -0.3 is 19.5 Å². The van der Waals surface area contributed by atoms with Crippen LogP contribution in [-0.4, -0.2) is 98.1 Å². The van der Waals surface area contributed by atoms with Crippen LogP contribution in [0.4, 0.5) is 0 Å². The predicted octanol–water partition coefficient (Wildman–Crippen LogP) is 3.54. The Morgan fingerprint density at radius 3 is 2.62 bits per heavy atom. The number of benzene rings is 1. The maximum Gasteiger partial charge on any atom is 0.246 e. The molecule has 1 unspecified atom stereocenters. The number of carbonyl (C=O) groups is 1. The number of carbonyl (C=O) groups excluding carboxylic acids is 1. The highest BCUT2D eigenvalue weighted by Gasteiger charge is 2.39. The van der Waals surface area contributed by atoms with E-state index >= 15 is 0 Å². The zero-order valence-corrected chi connectivity index (χ0v) is 25.5. The third-order valence-corrected chi connectivity index (χ3v) is 11.5. The summed E-state index contributed by atoms with van der Waals surface area (Å²) < 4.78 is 37.0. The fourth-order valence-corrected chi connectivity index (χ4v) is 8.95. The molecule has 1 aromatic carbocycles. The lowest BCUT2D eigenvalue weighted by Crippen LogP contribution is -2.52. The molecular formula is C28H39Cl2N5O4S. The second-order valence-electron chi connectivity index (χ2n) is 11.2. The van der Waals surface area contributed by atoms with Gasteiger partial charge in [-0.15, -0.1) is 0 Å². The smallest absolute Gasteiger partial charge is 0.246 e. The molecule has 5 rings (SSSR count). The highest BCUT2D eigenvalue weighted by molar-refractivity contribution is 7.89. The molecule has 40 heavy (non-hydrogen) atoms. The highest BCUT2D eigenvalue weighted by atomic mass is 35.5. The van der Waals surface area contributed by atoms with Crippen LogP contribution >= 0.6 is 23.2 Å². The van der Waals surface area contributed by atoms with Crippen molar-refractivity contribution in [1.29, 1.82) is 0 Å². The molecule has 1 amide bonds. The van der Waals surface area contributed by atoms with Crippen molar-refractivity contribution in [3.63, 3.8) is 0 Å². The van der Waals surface area contributed by atoms with Crippen LogP contribution in [0.2, 0.25) is 10.0 Å². The van der Waals surface area contributed by atoms with Gasteiger partial charge in [0.1, 0.15) is 11.5 Å². The Labute approximate surface area is 247 Å². The van der Waals surface area contributed by atoms with Gasteiger partial charge in [-0.1, -0.05) is 29.3 Å². The summed E-state index contributed by atoms with van der Waals surface area (Å²) in [6, 6.07) is 7.03. The van der Waals surface area contributed by atoms with Gasteiger partial charge in [0, 0.05) is 63.2 Å². The predicted molar refractivity (Wildman–Crippen MR) is 156 cm³/mol. The number of amides is 1. The van der Waals surface area contributed by atoms with Gasteiger partial charge in [0.15, 0.2) is 0 Å². The number of sulfonamides is 1. The lowest BCUT2D eigenvalue weighted by Gasteiger charge is -2.41. The monoisotopic (exact) mass is 611 g/mol. The lowest BCUT2D eigenvalue weighted by molar-refractivity contribution is -0.127. The summed E-state index contributed by atoms with van der Waals surface area (Å²) >= 11 is 12.8. The van der Waals surface area contributed by atoms with Crippen molar-refractivity contribution in [2.75, 3.05) is 53.0 Å². The van der Waals surface area contributed by atoms with Gasteiger partial charge in [-0.3, -0.25) is 9.69 Å². The zero-order valence-electron chi connectivity index (χ0n) is 23.2. The Kier molecular flexibility index (Phi) is 9.46. The molecule has 2 aliphatic heterocycles. The molecule has 1 saturated heterocycles. The molecule has 12 heteroatoms. The quantitative estimate of drug-likeness (QED) is 0.491. The molecule has 0 spiro atoms. The van der Waals surface area contributed by atoms with E-state index in [-0.39, 0.29) is 46.6 Å². The Balaban J connectivity index is 1.22. The number of hydrogen-bond donors (Lipinski definition) is 1. The van der Waals surface area contributed by atoms with Crippen molar-refractivity contribution >= 4 is 39.1 Å². The third-order valence-electron chi connectivity index (χ3n) is 8.50. The first-order valence-corrected chi connectivity index (χ1v) is 16.3. The van der Waals surface area contributed by atoms with Gasteiger partial charge in [-0.2, -0.15) is 4.31 Å². The summed E-state index contributed by atoms with van der Waals surface area (Å²) in [5.74, 6) is -0.172. The lowest BCUT2D eigenvalue weighted by atomic mass is 9.89. The van der Waals surface area contributed by atoms with Gasteiger partial charge in [-0.05, 0) is 63.4 Å². The number of aryl methyl sites for hydroxylation is 1. The second kappa shape index (κ2) is 12.7. The first kappa shape index (κ1) is 29.8. The summed E-state index contributed by atoms with van der Waals surface area (Å²) in [7, 11) is -1.88. The summed E-state index contributed by atoms with van der Waals surface area (Å²) in [6.07, 6.45) is 6.11. The first-order valence-electron chi connectivity index (χ1n) is 14.1. The summed E-state index contributed by atoms with van der Waals surface area (Å²) in [5.41, 5.74) is 1.43. The van der Waals surface area contributed by atoms with Crippen molar-refractivity contribution < 1.29 is 17.9 Å². The summed E-state index contributed by atoms with van der Waals surface area (Å²) in [6.45, 7) is 6.70. The van der Waals surface area contributed by atoms with E-state index in [2.05, 4.69) is 22.2 Å². The van der Waals surface area contributed by atoms with E-state index in [1.54, 1.807) is 19.1 Å². The average molecular weight is 613 g/mol. The molecule has 1 aliphatic carbocycles. The zero-order chi connectivity index (χ0) is 28.4. The van der Waals surface area contributed by atoms with E-state index in [4.69, 9.17) is 27.9 Å². The molecule has 9 nitrogen and oxygen atoms in total. The van der Waals surface area contributed by atoms with Crippen LogP contribution in [0.5, 0.6) is 0 Å². The maximum atomic E-state index is 13.9. The van der Waals surface area contributed by atoms with E-state index in [0.29, 0.717) is 18.2 Å². The molecule has 3 heterocycles. The normalized spacial score (nSPS) is 25.1. The molecule has 1 aromatic heterocycles. The van der Waals surface area contributed by atoms with Crippen LogP contribution in [0.25, 0.3) is 0 Å². The number of hydrogen-bond acceptors (Lipinski definition) is 6. The molecule has 2 aromatic rings. The number of aromatic nitrogens is 1. The SMILES string of the molecule is Cc1ccc(Cl)c(S(=O)(=O)N2CCn3cccc3C2COCC(=O)N[C@H]2CCC[C@@H](N3CCN(C)CC3)C2)c1Cl. The Hall–Kier alpha value is -1.66. The number of rotatable bonds is 8. The van der Waals surface area contributed by atoms with E-state index in [9.17, 15) is 13.2 Å². The maximum absolute atomic E-state index is 13.9. The van der Waals surface area contributed by atoms with Gasteiger partial charge in [0.2, 0.25) is 15.9 Å². The van der Waals surface area contributed by atoms with Crippen molar-refractivity contribution in [3.8, 4) is 0 Å². The minimum atomic E-state index is -4.04. The largest absolute Gasteiger partial charge is 0.370 e. The van der Waals surface area contributed by atoms with Crippen LogP contribution in [0.3, 0.4) is 0 Å². The van der Waals surface area contributed by atoms with Crippen LogP contribution in [0, 0.1) is 6.92 Å². The Morgan fingerprint density at radius 2 is 1.85 bits per heavy atom. The molecule has 1 saturated carbocycles. The third kappa shape index (κ3) is 6.38. The van der Waals surface area contributed by atoms with E-state index in [1.165, 1.54) is 10.7 Å². The molecule has 220 valence electrons. The number of nitrogens with one attached hydrogen (secondary N) is 1. The van der Waals surface area contributed by atoms with Crippen molar-refractivity contribution in [2.24, 2.45) is 0 Å². The van der Waals surface area contributed by atoms with E-state index < -0.39 is 16.1 Å². The minimum absolute atomic E-state index is 0.0340. The van der Waals surface area contributed by atoms with Crippen LogP contribution < -0.4 is 5.32 Å². The molecule has 3 atom stereocenters. The number of nitrogens with zero attached hydrogens (tertiary/aromatic N) is 4. The molecule has 2 fully saturated rings. The number of piperazine rings is 1. The molecule has 3 aliphatic rings. The highest BCUT2D eigenvalue weighted by Crippen LogP contribution is 2.38.